The second kappa shape index (κ2) is 6.82. The Labute approximate surface area is 208 Å². The van der Waals surface area contributed by atoms with E-state index in [4.69, 9.17) is 0 Å². The maximum Gasteiger partial charge on any atom is 0.210 e. The molecule has 0 fully saturated rings. The van der Waals surface area contributed by atoms with E-state index in [2.05, 4.69) is 129 Å². The lowest BCUT2D eigenvalue weighted by atomic mass is 9.58. The summed E-state index contributed by atoms with van der Waals surface area (Å²) in [6.07, 6.45) is 4.50. The van der Waals surface area contributed by atoms with Gasteiger partial charge in [-0.1, -0.05) is 86.6 Å². The maximum absolute atomic E-state index is 2.62. The van der Waals surface area contributed by atoms with Crippen LogP contribution in [0.4, 0.5) is 0 Å². The first-order chi connectivity index (χ1) is 17.0. The predicted octanol–water partition coefficient (Wildman–Crippen LogP) is 7.77. The molecule has 0 radical (unpaired) electrons. The van der Waals surface area contributed by atoms with E-state index < -0.39 is 0 Å². The minimum absolute atomic E-state index is 0.0117. The fraction of sp³-hybridized carbons (Fsp3) is 0.265. The zero-order valence-corrected chi connectivity index (χ0v) is 21.1. The van der Waals surface area contributed by atoms with Crippen molar-refractivity contribution in [2.75, 3.05) is 0 Å². The SMILES string of the molecule is CCC1(C)C2=C(c3cccc[n+]3C1(C)CC)C1(c3ccccc32)c2ccccc2-c2ccccc21. The molecule has 2 atom stereocenters. The third-order valence-electron chi connectivity index (χ3n) is 9.96. The molecule has 35 heavy (non-hydrogen) atoms. The smallest absolute Gasteiger partial charge is 0.193 e. The van der Waals surface area contributed by atoms with E-state index in [1.807, 2.05) is 0 Å². The molecule has 0 saturated heterocycles. The van der Waals surface area contributed by atoms with Crippen molar-refractivity contribution in [2.24, 2.45) is 5.41 Å². The van der Waals surface area contributed by atoms with Crippen molar-refractivity contribution in [2.45, 2.75) is 51.5 Å². The van der Waals surface area contributed by atoms with E-state index in [1.54, 1.807) is 5.57 Å². The fourth-order valence-electron chi connectivity index (χ4n) is 7.90. The molecule has 1 aromatic heterocycles. The van der Waals surface area contributed by atoms with E-state index >= 15 is 0 Å². The lowest BCUT2D eigenvalue weighted by Crippen LogP contribution is -2.66. The molecule has 0 N–H and O–H groups in total. The number of aromatic nitrogens is 1. The number of benzene rings is 3. The van der Waals surface area contributed by atoms with Crippen molar-refractivity contribution >= 4 is 11.1 Å². The van der Waals surface area contributed by atoms with Crippen molar-refractivity contribution in [3.8, 4) is 11.1 Å². The highest BCUT2D eigenvalue weighted by Gasteiger charge is 2.65. The van der Waals surface area contributed by atoms with Crippen molar-refractivity contribution in [1.82, 2.24) is 0 Å². The fourth-order valence-corrected chi connectivity index (χ4v) is 7.90. The first kappa shape index (κ1) is 20.9. The number of nitrogens with zero attached hydrogens (tertiary/aromatic N) is 1. The molecule has 2 aliphatic carbocycles. The summed E-state index contributed by atoms with van der Waals surface area (Å²) >= 11 is 0. The second-order valence-electron chi connectivity index (χ2n) is 10.9. The van der Waals surface area contributed by atoms with Crippen LogP contribution < -0.4 is 4.57 Å². The molecule has 0 amide bonds. The van der Waals surface area contributed by atoms with Crippen LogP contribution in [0.15, 0.2) is 97.2 Å². The first-order valence-corrected chi connectivity index (χ1v) is 13.1. The van der Waals surface area contributed by atoms with Gasteiger partial charge in [0, 0.05) is 31.1 Å². The number of hydrogen-bond donors (Lipinski definition) is 0. The molecule has 7 rings (SSSR count). The third kappa shape index (κ3) is 2.15. The third-order valence-corrected chi connectivity index (χ3v) is 9.96. The summed E-state index contributed by atoms with van der Waals surface area (Å²) in [5.41, 5.74) is 12.5. The van der Waals surface area contributed by atoms with Gasteiger partial charge in [0.2, 0.25) is 5.69 Å². The standard InChI is InChI=1S/C34H32N/c1-5-32(3)30-25-17-9-12-20-28(25)34(31(30)29-21-13-14-22-35(29)33(32,4)6-2)26-18-10-7-15-23(26)24-16-8-11-19-27(24)34/h7-22H,5-6H2,1-4H3/q+1. The number of fused-ring (bicyclic) bond motifs is 11. The number of rotatable bonds is 2. The minimum atomic E-state index is -0.298. The van der Waals surface area contributed by atoms with Gasteiger partial charge in [-0.2, -0.15) is 4.57 Å². The quantitative estimate of drug-likeness (QED) is 0.272. The van der Waals surface area contributed by atoms with E-state index in [0.717, 1.165) is 12.8 Å². The Bertz CT molecular complexity index is 1510. The molecule has 1 spiro atoms. The Morgan fingerprint density at radius 1 is 0.571 bits per heavy atom. The van der Waals surface area contributed by atoms with Crippen LogP contribution in [-0.2, 0) is 11.0 Å². The summed E-state index contributed by atoms with van der Waals surface area (Å²) in [6.45, 7) is 9.75. The van der Waals surface area contributed by atoms with E-state index in [1.165, 1.54) is 44.6 Å². The van der Waals surface area contributed by atoms with Gasteiger partial charge in [0.05, 0.1) is 10.8 Å². The van der Waals surface area contributed by atoms with Gasteiger partial charge in [0.1, 0.15) is 0 Å². The lowest BCUT2D eigenvalue weighted by molar-refractivity contribution is -0.778. The zero-order valence-electron chi connectivity index (χ0n) is 21.1. The number of hydrogen-bond acceptors (Lipinski definition) is 0. The van der Waals surface area contributed by atoms with Gasteiger partial charge < -0.3 is 0 Å². The highest BCUT2D eigenvalue weighted by atomic mass is 15.1. The summed E-state index contributed by atoms with van der Waals surface area (Å²) in [5.74, 6) is 0. The average Bonchev–Trinajstić information content (AvgIpc) is 3.39. The van der Waals surface area contributed by atoms with Crippen LogP contribution in [0.3, 0.4) is 0 Å². The van der Waals surface area contributed by atoms with Crippen molar-refractivity contribution in [3.63, 3.8) is 0 Å². The topological polar surface area (TPSA) is 3.88 Å². The van der Waals surface area contributed by atoms with Gasteiger partial charge in [-0.05, 0) is 58.4 Å². The predicted molar refractivity (Wildman–Crippen MR) is 144 cm³/mol. The minimum Gasteiger partial charge on any atom is -0.193 e. The van der Waals surface area contributed by atoms with Crippen molar-refractivity contribution in [3.05, 3.63) is 125 Å². The zero-order chi connectivity index (χ0) is 24.0. The molecule has 4 aromatic rings. The summed E-state index contributed by atoms with van der Waals surface area (Å²) in [5, 5.41) is 0. The molecule has 2 unspecified atom stereocenters. The van der Waals surface area contributed by atoms with Crippen molar-refractivity contribution in [1.29, 1.82) is 0 Å². The lowest BCUT2D eigenvalue weighted by Gasteiger charge is -2.47. The second-order valence-corrected chi connectivity index (χ2v) is 10.9. The van der Waals surface area contributed by atoms with Crippen LogP contribution in [-0.4, -0.2) is 0 Å². The molecule has 3 aliphatic rings. The average molecular weight is 455 g/mol. The van der Waals surface area contributed by atoms with Crippen LogP contribution in [0, 0.1) is 5.41 Å². The Morgan fingerprint density at radius 3 is 1.66 bits per heavy atom. The summed E-state index contributed by atoms with van der Waals surface area (Å²) in [6, 6.07) is 34.3. The van der Waals surface area contributed by atoms with Gasteiger partial charge in [-0.3, -0.25) is 0 Å². The summed E-state index contributed by atoms with van der Waals surface area (Å²) in [4.78, 5) is 0. The largest absolute Gasteiger partial charge is 0.210 e. The van der Waals surface area contributed by atoms with Gasteiger partial charge in [-0.15, -0.1) is 0 Å². The highest BCUT2D eigenvalue weighted by molar-refractivity contribution is 6.10. The Balaban J connectivity index is 1.75. The highest BCUT2D eigenvalue weighted by Crippen LogP contribution is 2.69. The number of allylic oxidation sites excluding steroid dienone is 2. The van der Waals surface area contributed by atoms with E-state index in [0.29, 0.717) is 0 Å². The Morgan fingerprint density at radius 2 is 1.09 bits per heavy atom. The molecule has 1 aliphatic heterocycles. The van der Waals surface area contributed by atoms with Crippen molar-refractivity contribution < 1.29 is 4.57 Å². The Kier molecular flexibility index (Phi) is 4.07. The molecule has 1 nitrogen and oxygen atoms in total. The van der Waals surface area contributed by atoms with E-state index in [-0.39, 0.29) is 16.4 Å². The Hall–Kier alpha value is -3.45. The van der Waals surface area contributed by atoms with Gasteiger partial charge in [0.15, 0.2) is 11.7 Å². The molecule has 2 heterocycles. The summed E-state index contributed by atoms with van der Waals surface area (Å²) in [7, 11) is 0. The maximum atomic E-state index is 2.62. The van der Waals surface area contributed by atoms with Crippen LogP contribution >= 0.6 is 0 Å². The van der Waals surface area contributed by atoms with Crippen LogP contribution in [0.25, 0.3) is 22.3 Å². The molecular formula is C34H32N+. The molecule has 3 aromatic carbocycles. The monoisotopic (exact) mass is 454 g/mol. The van der Waals surface area contributed by atoms with Crippen LogP contribution in [0.2, 0.25) is 0 Å². The number of pyridine rings is 1. The van der Waals surface area contributed by atoms with Crippen LogP contribution in [0.5, 0.6) is 0 Å². The van der Waals surface area contributed by atoms with Gasteiger partial charge in [-0.25, -0.2) is 0 Å². The molecule has 172 valence electrons. The van der Waals surface area contributed by atoms with Gasteiger partial charge in [0.25, 0.3) is 0 Å². The van der Waals surface area contributed by atoms with Crippen LogP contribution in [0.1, 0.15) is 68.5 Å². The first-order valence-electron chi connectivity index (χ1n) is 13.1. The summed E-state index contributed by atoms with van der Waals surface area (Å²) < 4.78 is 2.62. The normalized spacial score (nSPS) is 24.6. The van der Waals surface area contributed by atoms with E-state index in [9.17, 15) is 0 Å². The molecule has 0 bridgehead atoms. The molecule has 0 saturated carbocycles. The molecular weight excluding hydrogens is 422 g/mol. The molecule has 1 heteroatoms. The van der Waals surface area contributed by atoms with Gasteiger partial charge >= 0.3 is 0 Å².